The normalized spacial score (nSPS) is 26.5. The van der Waals surface area contributed by atoms with Crippen molar-refractivity contribution in [3.05, 3.63) is 83.6 Å². The average molecular weight is 487 g/mol. The van der Waals surface area contributed by atoms with Gasteiger partial charge in [0.05, 0.1) is 10.9 Å². The number of ether oxygens (including phenoxy) is 3. The molecule has 0 spiro atoms. The first kappa shape index (κ1) is 24.6. The van der Waals surface area contributed by atoms with Gasteiger partial charge in [0, 0.05) is 12.1 Å². The Balaban J connectivity index is 1.71. The number of sulfonamides is 1. The van der Waals surface area contributed by atoms with E-state index in [2.05, 4.69) is 6.58 Å². The van der Waals surface area contributed by atoms with E-state index in [1.165, 1.54) is 16.6 Å². The summed E-state index contributed by atoms with van der Waals surface area (Å²) in [6.45, 7) is 9.23. The second kappa shape index (κ2) is 9.59. The maximum Gasteiger partial charge on any atom is 0.243 e. The molecule has 2 aliphatic rings. The van der Waals surface area contributed by atoms with Crippen LogP contribution in [0.4, 0.5) is 0 Å². The van der Waals surface area contributed by atoms with Crippen LogP contribution in [0.25, 0.3) is 0 Å². The number of hydrogen-bond donors (Lipinski definition) is 0. The lowest BCUT2D eigenvalue weighted by atomic mass is 10.1. The van der Waals surface area contributed by atoms with Crippen molar-refractivity contribution in [2.75, 3.05) is 6.54 Å². The highest BCUT2D eigenvalue weighted by molar-refractivity contribution is 7.89. The van der Waals surface area contributed by atoms with Crippen LogP contribution in [0.1, 0.15) is 25.0 Å². The zero-order valence-corrected chi connectivity index (χ0v) is 20.4. The van der Waals surface area contributed by atoms with E-state index in [1.807, 2.05) is 37.3 Å². The number of nitrogens with zero attached hydrogens (tertiary/aromatic N) is 2. The molecule has 2 fully saturated rings. The zero-order chi connectivity index (χ0) is 24.5. The van der Waals surface area contributed by atoms with Crippen molar-refractivity contribution in [1.82, 2.24) is 4.31 Å². The minimum atomic E-state index is -3.96. The van der Waals surface area contributed by atoms with Gasteiger partial charge in [-0.1, -0.05) is 54.1 Å². The molecule has 0 bridgehead atoms. The lowest BCUT2D eigenvalue weighted by Gasteiger charge is -2.32. The number of fused-ring (bicyclic) bond motifs is 1. The van der Waals surface area contributed by atoms with Crippen LogP contribution in [0.15, 0.2) is 72.1 Å². The van der Waals surface area contributed by atoms with Crippen LogP contribution in [0, 0.1) is 12.1 Å². The van der Waals surface area contributed by atoms with Gasteiger partial charge >= 0.3 is 0 Å². The molecular formula is C25H30N2O6S. The van der Waals surface area contributed by atoms with E-state index in [0.717, 1.165) is 15.9 Å². The Bertz CT molecular complexity index is 1150. The van der Waals surface area contributed by atoms with Gasteiger partial charge in [-0.2, -0.15) is 4.31 Å². The first-order chi connectivity index (χ1) is 16.1. The molecule has 0 aliphatic carbocycles. The lowest BCUT2D eigenvalue weighted by molar-refractivity contribution is -0.473. The zero-order valence-electron chi connectivity index (χ0n) is 19.5. The van der Waals surface area contributed by atoms with Crippen LogP contribution in [0.2, 0.25) is 0 Å². The van der Waals surface area contributed by atoms with Gasteiger partial charge in [-0.15, -0.1) is 6.58 Å². The van der Waals surface area contributed by atoms with E-state index in [4.69, 9.17) is 14.2 Å². The number of hydroxylamine groups is 1. The summed E-state index contributed by atoms with van der Waals surface area (Å²) in [4.78, 5) is 0.142. The molecule has 0 N–H and O–H groups in total. The Morgan fingerprint density at radius 1 is 1.12 bits per heavy atom. The first-order valence-corrected chi connectivity index (χ1v) is 12.6. The number of aryl methyl sites for hydroxylation is 1. The third-order valence-corrected chi connectivity index (χ3v) is 7.69. The summed E-state index contributed by atoms with van der Waals surface area (Å²) >= 11 is 0. The van der Waals surface area contributed by atoms with Crippen LogP contribution < -0.4 is 0 Å². The highest BCUT2D eigenvalue weighted by atomic mass is 32.2. The van der Waals surface area contributed by atoms with Gasteiger partial charge in [-0.25, -0.2) is 13.2 Å². The molecule has 2 aliphatic heterocycles. The van der Waals surface area contributed by atoms with Crippen LogP contribution in [0.5, 0.6) is 0 Å². The second-order valence-corrected chi connectivity index (χ2v) is 10.8. The monoisotopic (exact) mass is 486 g/mol. The number of rotatable bonds is 8. The smallest absolute Gasteiger partial charge is 0.243 e. The van der Waals surface area contributed by atoms with Gasteiger partial charge in [0.2, 0.25) is 10.0 Å². The predicted octanol–water partition coefficient (Wildman–Crippen LogP) is 3.20. The van der Waals surface area contributed by atoms with Crippen molar-refractivity contribution < 1.29 is 27.4 Å². The molecule has 8 nitrogen and oxygen atoms in total. The fourth-order valence-electron chi connectivity index (χ4n) is 4.30. The average Bonchev–Trinajstić information content (AvgIpc) is 3.23. The molecule has 34 heavy (non-hydrogen) atoms. The van der Waals surface area contributed by atoms with Crippen molar-refractivity contribution in [3.63, 3.8) is 0 Å². The Kier molecular flexibility index (Phi) is 6.93. The van der Waals surface area contributed by atoms with Gasteiger partial charge in [0.15, 0.2) is 30.9 Å². The van der Waals surface area contributed by atoms with Crippen LogP contribution in [-0.4, -0.2) is 60.5 Å². The Morgan fingerprint density at radius 2 is 1.79 bits per heavy atom. The van der Waals surface area contributed by atoms with Gasteiger partial charge < -0.3 is 19.4 Å². The summed E-state index contributed by atoms with van der Waals surface area (Å²) in [6, 6.07) is 15.1. The molecule has 4 atom stereocenters. The Labute approximate surface area is 200 Å². The van der Waals surface area contributed by atoms with Gasteiger partial charge in [0.25, 0.3) is 0 Å². The van der Waals surface area contributed by atoms with Gasteiger partial charge in [0.1, 0.15) is 6.10 Å². The van der Waals surface area contributed by atoms with Crippen LogP contribution >= 0.6 is 0 Å². The summed E-state index contributed by atoms with van der Waals surface area (Å²) in [5.74, 6) is -0.951. The SMILES string of the molecule is C=CCN([C@@H]1[C@H]2OC(C)(C)O[C@H]2O[C@@H]1/C=[N+](\[O-])Cc1ccccc1)S(=O)(=O)c1ccc(C)cc1. The highest BCUT2D eigenvalue weighted by Gasteiger charge is 2.59. The number of benzene rings is 2. The maximum absolute atomic E-state index is 13.7. The van der Waals surface area contributed by atoms with Crippen molar-refractivity contribution in [2.45, 2.75) is 62.5 Å². The van der Waals surface area contributed by atoms with E-state index in [0.29, 0.717) is 0 Å². The molecule has 182 valence electrons. The summed E-state index contributed by atoms with van der Waals surface area (Å²) < 4.78 is 47.4. The van der Waals surface area contributed by atoms with E-state index < -0.39 is 40.4 Å². The molecule has 0 amide bonds. The van der Waals surface area contributed by atoms with E-state index >= 15 is 0 Å². The molecule has 9 heteroatoms. The Hall–Kier alpha value is -2.56. The maximum atomic E-state index is 13.7. The molecule has 0 saturated carbocycles. The Morgan fingerprint density at radius 3 is 2.44 bits per heavy atom. The van der Waals surface area contributed by atoms with Crippen molar-refractivity contribution in [3.8, 4) is 0 Å². The molecule has 0 radical (unpaired) electrons. The molecule has 2 saturated heterocycles. The molecule has 0 aromatic heterocycles. The quantitative estimate of drug-likeness (QED) is 0.187. The van der Waals surface area contributed by atoms with Gasteiger partial charge in [-0.3, -0.25) is 0 Å². The van der Waals surface area contributed by atoms with Crippen molar-refractivity contribution in [1.29, 1.82) is 0 Å². The minimum absolute atomic E-state index is 0.0130. The fourth-order valence-corrected chi connectivity index (χ4v) is 5.91. The summed E-state index contributed by atoms with van der Waals surface area (Å²) in [5.41, 5.74) is 1.77. The molecular weight excluding hydrogens is 456 g/mol. The summed E-state index contributed by atoms with van der Waals surface area (Å²) in [6.07, 6.45) is 0.452. The molecule has 2 aromatic carbocycles. The lowest BCUT2D eigenvalue weighted by Crippen LogP contribution is -2.52. The number of hydrogen-bond acceptors (Lipinski definition) is 6. The standard InChI is InChI=1S/C25H30N2O6S/c1-5-15-27(34(29,30)20-13-11-18(2)12-14-20)22-21(31-24-23(22)32-25(3,4)33-24)17-26(28)16-19-9-7-6-8-10-19/h5-14,17,21-24H,1,15-16H2,2-4H3/b26-17-/t21-,22+,23-,24-/m1/s1. The fraction of sp³-hybridized carbons (Fsp3) is 0.400. The summed E-state index contributed by atoms with van der Waals surface area (Å²) in [7, 11) is -3.96. The van der Waals surface area contributed by atoms with E-state index in [-0.39, 0.29) is 18.0 Å². The van der Waals surface area contributed by atoms with E-state index in [9.17, 15) is 13.6 Å². The predicted molar refractivity (Wildman–Crippen MR) is 128 cm³/mol. The van der Waals surface area contributed by atoms with Crippen LogP contribution in [0.3, 0.4) is 0 Å². The molecule has 4 rings (SSSR count). The van der Waals surface area contributed by atoms with E-state index in [1.54, 1.807) is 38.1 Å². The topological polar surface area (TPSA) is 91.1 Å². The molecule has 0 unspecified atom stereocenters. The first-order valence-electron chi connectivity index (χ1n) is 11.1. The molecule has 2 aromatic rings. The second-order valence-electron chi connectivity index (χ2n) is 8.95. The third kappa shape index (κ3) is 5.08. The largest absolute Gasteiger partial charge is 0.624 e. The van der Waals surface area contributed by atoms with Crippen molar-refractivity contribution >= 4 is 16.2 Å². The minimum Gasteiger partial charge on any atom is -0.624 e. The highest BCUT2D eigenvalue weighted by Crippen LogP contribution is 2.40. The van der Waals surface area contributed by atoms with Gasteiger partial charge in [-0.05, 0) is 32.9 Å². The van der Waals surface area contributed by atoms with Crippen molar-refractivity contribution in [2.24, 2.45) is 0 Å². The van der Waals surface area contributed by atoms with Crippen LogP contribution in [-0.2, 0) is 30.8 Å². The summed E-state index contributed by atoms with van der Waals surface area (Å²) in [5, 5.41) is 12.8. The molecule has 2 heterocycles. The third-order valence-electron chi connectivity index (χ3n) is 5.82.